The Morgan fingerprint density at radius 3 is 2.21 bits per heavy atom. The van der Waals surface area contributed by atoms with Crippen LogP contribution >= 0.6 is 0 Å². The van der Waals surface area contributed by atoms with Gasteiger partial charge in [-0.3, -0.25) is 0 Å². The Balaban J connectivity index is 2.43. The number of aryl methyl sites for hydroxylation is 1. The van der Waals surface area contributed by atoms with Gasteiger partial charge in [-0.1, -0.05) is 24.3 Å². The minimum absolute atomic E-state index is 0.157. The molecule has 0 aliphatic carbocycles. The lowest BCUT2D eigenvalue weighted by Crippen LogP contribution is -2.08. The molecule has 0 heterocycles. The molecular formula is C16H19NO2. The summed E-state index contributed by atoms with van der Waals surface area (Å²) in [6.07, 6.45) is 0. The number of hydrogen-bond donors (Lipinski definition) is 1. The molecule has 0 aromatic heterocycles. The van der Waals surface area contributed by atoms with Crippen LogP contribution in [0.25, 0.3) is 0 Å². The number of ether oxygens (including phenoxy) is 2. The highest BCUT2D eigenvalue weighted by atomic mass is 16.5. The standard InChI is InChI=1S/C16H19NO2/c1-11-7-4-5-8-13(11)19-15-10-6-9-14(18-3)16(15)12(2)17/h4-10,12H,17H2,1-3H3/t12-/m1/s1. The van der Waals surface area contributed by atoms with Crippen molar-refractivity contribution in [1.29, 1.82) is 0 Å². The van der Waals surface area contributed by atoms with E-state index in [1.807, 2.05) is 56.3 Å². The number of methoxy groups -OCH3 is 1. The molecular weight excluding hydrogens is 238 g/mol. The maximum atomic E-state index is 6.02. The van der Waals surface area contributed by atoms with Gasteiger partial charge in [0.25, 0.3) is 0 Å². The van der Waals surface area contributed by atoms with Crippen molar-refractivity contribution in [2.75, 3.05) is 7.11 Å². The van der Waals surface area contributed by atoms with Crippen LogP contribution in [0.5, 0.6) is 17.2 Å². The van der Waals surface area contributed by atoms with Crippen molar-refractivity contribution >= 4 is 0 Å². The summed E-state index contributed by atoms with van der Waals surface area (Å²) in [6, 6.07) is 13.4. The van der Waals surface area contributed by atoms with Gasteiger partial charge in [-0.25, -0.2) is 0 Å². The van der Waals surface area contributed by atoms with Gasteiger partial charge in [-0.2, -0.15) is 0 Å². The van der Waals surface area contributed by atoms with Crippen LogP contribution in [0.3, 0.4) is 0 Å². The van der Waals surface area contributed by atoms with Crippen molar-refractivity contribution in [3.05, 3.63) is 53.6 Å². The van der Waals surface area contributed by atoms with Crippen molar-refractivity contribution < 1.29 is 9.47 Å². The third kappa shape index (κ3) is 2.88. The van der Waals surface area contributed by atoms with Crippen molar-refractivity contribution in [3.63, 3.8) is 0 Å². The number of rotatable bonds is 4. The number of para-hydroxylation sites is 1. The van der Waals surface area contributed by atoms with Gasteiger partial charge in [-0.05, 0) is 37.6 Å². The zero-order valence-corrected chi connectivity index (χ0v) is 11.5. The summed E-state index contributed by atoms with van der Waals surface area (Å²) >= 11 is 0. The molecule has 0 aliphatic heterocycles. The van der Waals surface area contributed by atoms with E-state index in [4.69, 9.17) is 15.2 Å². The molecule has 2 rings (SSSR count). The lowest BCUT2D eigenvalue weighted by molar-refractivity contribution is 0.397. The predicted octanol–water partition coefficient (Wildman–Crippen LogP) is 3.82. The van der Waals surface area contributed by atoms with Gasteiger partial charge in [0.05, 0.1) is 12.7 Å². The average Bonchev–Trinajstić information content (AvgIpc) is 2.40. The molecule has 0 unspecified atom stereocenters. The second-order valence-electron chi connectivity index (χ2n) is 4.53. The van der Waals surface area contributed by atoms with Crippen LogP contribution in [0.1, 0.15) is 24.1 Å². The summed E-state index contributed by atoms with van der Waals surface area (Å²) in [5.41, 5.74) is 7.99. The molecule has 0 spiro atoms. The SMILES string of the molecule is COc1cccc(Oc2ccccc2C)c1[C@@H](C)N. The lowest BCUT2D eigenvalue weighted by atomic mass is 10.1. The van der Waals surface area contributed by atoms with Crippen molar-refractivity contribution in [2.24, 2.45) is 5.73 Å². The highest BCUT2D eigenvalue weighted by Gasteiger charge is 2.15. The van der Waals surface area contributed by atoms with E-state index >= 15 is 0 Å². The van der Waals surface area contributed by atoms with Crippen LogP contribution in [-0.2, 0) is 0 Å². The molecule has 2 N–H and O–H groups in total. The summed E-state index contributed by atoms with van der Waals surface area (Å²) in [4.78, 5) is 0. The molecule has 0 radical (unpaired) electrons. The number of nitrogens with two attached hydrogens (primary N) is 1. The number of hydrogen-bond acceptors (Lipinski definition) is 3. The van der Waals surface area contributed by atoms with Crippen molar-refractivity contribution in [2.45, 2.75) is 19.9 Å². The second kappa shape index (κ2) is 5.76. The Bertz CT molecular complexity index is 564. The molecule has 0 amide bonds. The van der Waals surface area contributed by atoms with Crippen LogP contribution in [0.2, 0.25) is 0 Å². The number of benzene rings is 2. The quantitative estimate of drug-likeness (QED) is 0.905. The first kappa shape index (κ1) is 13.4. The van der Waals surface area contributed by atoms with Crippen molar-refractivity contribution in [1.82, 2.24) is 0 Å². The van der Waals surface area contributed by atoms with Crippen LogP contribution in [0.4, 0.5) is 0 Å². The molecule has 0 fully saturated rings. The molecule has 3 nitrogen and oxygen atoms in total. The van der Waals surface area contributed by atoms with E-state index in [1.54, 1.807) is 7.11 Å². The van der Waals surface area contributed by atoms with Gasteiger partial charge in [-0.15, -0.1) is 0 Å². The second-order valence-corrected chi connectivity index (χ2v) is 4.53. The fourth-order valence-corrected chi connectivity index (χ4v) is 2.03. The Labute approximate surface area is 114 Å². The zero-order chi connectivity index (χ0) is 13.8. The molecule has 3 heteroatoms. The van der Waals surface area contributed by atoms with Crippen LogP contribution < -0.4 is 15.2 Å². The van der Waals surface area contributed by atoms with E-state index in [-0.39, 0.29) is 6.04 Å². The Hall–Kier alpha value is -2.00. The Morgan fingerprint density at radius 2 is 1.58 bits per heavy atom. The molecule has 0 bridgehead atoms. The van der Waals surface area contributed by atoms with E-state index < -0.39 is 0 Å². The Morgan fingerprint density at radius 1 is 0.947 bits per heavy atom. The maximum absolute atomic E-state index is 6.02. The van der Waals surface area contributed by atoms with Gasteiger partial charge < -0.3 is 15.2 Å². The summed E-state index contributed by atoms with van der Waals surface area (Å²) in [5.74, 6) is 2.32. The third-order valence-corrected chi connectivity index (χ3v) is 3.01. The van der Waals surface area contributed by atoms with E-state index in [9.17, 15) is 0 Å². The summed E-state index contributed by atoms with van der Waals surface area (Å²) in [5, 5.41) is 0. The monoisotopic (exact) mass is 257 g/mol. The zero-order valence-electron chi connectivity index (χ0n) is 11.5. The van der Waals surface area contributed by atoms with E-state index in [0.29, 0.717) is 0 Å². The van der Waals surface area contributed by atoms with E-state index in [1.165, 1.54) is 0 Å². The molecule has 19 heavy (non-hydrogen) atoms. The fourth-order valence-electron chi connectivity index (χ4n) is 2.03. The summed E-state index contributed by atoms with van der Waals surface area (Å²) < 4.78 is 11.3. The minimum Gasteiger partial charge on any atom is -0.496 e. The van der Waals surface area contributed by atoms with Gasteiger partial charge in [0.2, 0.25) is 0 Å². The highest BCUT2D eigenvalue weighted by Crippen LogP contribution is 2.36. The first-order valence-corrected chi connectivity index (χ1v) is 6.29. The van der Waals surface area contributed by atoms with E-state index in [0.717, 1.165) is 28.4 Å². The highest BCUT2D eigenvalue weighted by molar-refractivity contribution is 5.49. The topological polar surface area (TPSA) is 44.5 Å². The predicted molar refractivity (Wildman–Crippen MR) is 76.8 cm³/mol. The van der Waals surface area contributed by atoms with Gasteiger partial charge in [0.15, 0.2) is 0 Å². The summed E-state index contributed by atoms with van der Waals surface area (Å²) in [6.45, 7) is 3.93. The lowest BCUT2D eigenvalue weighted by Gasteiger charge is -2.17. The normalized spacial score (nSPS) is 12.0. The third-order valence-electron chi connectivity index (χ3n) is 3.01. The largest absolute Gasteiger partial charge is 0.496 e. The first-order valence-electron chi connectivity index (χ1n) is 6.29. The average molecular weight is 257 g/mol. The van der Waals surface area contributed by atoms with Gasteiger partial charge in [0.1, 0.15) is 17.2 Å². The molecule has 100 valence electrons. The van der Waals surface area contributed by atoms with Gasteiger partial charge in [0, 0.05) is 6.04 Å². The summed E-state index contributed by atoms with van der Waals surface area (Å²) in [7, 11) is 1.64. The van der Waals surface area contributed by atoms with Crippen LogP contribution in [0.15, 0.2) is 42.5 Å². The maximum Gasteiger partial charge on any atom is 0.135 e. The van der Waals surface area contributed by atoms with Gasteiger partial charge >= 0.3 is 0 Å². The molecule has 0 saturated heterocycles. The van der Waals surface area contributed by atoms with E-state index in [2.05, 4.69) is 0 Å². The van der Waals surface area contributed by atoms with Crippen molar-refractivity contribution in [3.8, 4) is 17.2 Å². The fraction of sp³-hybridized carbons (Fsp3) is 0.250. The molecule has 2 aromatic carbocycles. The van der Waals surface area contributed by atoms with Crippen LogP contribution in [-0.4, -0.2) is 7.11 Å². The smallest absolute Gasteiger partial charge is 0.135 e. The first-order chi connectivity index (χ1) is 9.13. The molecule has 1 atom stereocenters. The molecule has 0 saturated carbocycles. The molecule has 2 aromatic rings. The minimum atomic E-state index is -0.157. The molecule has 0 aliphatic rings. The Kier molecular flexibility index (Phi) is 4.07. The van der Waals surface area contributed by atoms with Crippen LogP contribution in [0, 0.1) is 6.92 Å².